The topological polar surface area (TPSA) is 50.2 Å². The maximum Gasteiger partial charge on any atom is 0.255 e. The van der Waals surface area contributed by atoms with Gasteiger partial charge in [0, 0.05) is 30.7 Å². The Morgan fingerprint density at radius 1 is 1.22 bits per heavy atom. The molecule has 0 aliphatic carbocycles. The Bertz CT molecular complexity index is 725. The largest absolute Gasteiger partial charge is 0.339 e. The van der Waals surface area contributed by atoms with Crippen LogP contribution in [-0.2, 0) is 0 Å². The van der Waals surface area contributed by atoms with E-state index in [0.717, 1.165) is 61.2 Å². The van der Waals surface area contributed by atoms with Crippen LogP contribution in [0.2, 0.25) is 0 Å². The highest BCUT2D eigenvalue weighted by atomic mass is 35.5. The van der Waals surface area contributed by atoms with Crippen LogP contribution in [-0.4, -0.2) is 47.0 Å². The number of rotatable bonds is 5. The number of carbonyl (C=O) groups is 1. The van der Waals surface area contributed by atoms with Crippen molar-refractivity contribution in [2.24, 2.45) is 5.92 Å². The number of halogens is 2. The molecule has 7 heteroatoms. The number of carbonyl (C=O) groups excluding carboxylic acids is 1. The van der Waals surface area contributed by atoms with Gasteiger partial charge in [-0.05, 0) is 70.8 Å². The maximum absolute atomic E-state index is 13.0. The molecule has 0 aromatic carbocycles. The van der Waals surface area contributed by atoms with E-state index in [1.165, 1.54) is 6.42 Å². The van der Waals surface area contributed by atoms with E-state index in [1.807, 2.05) is 50.1 Å². The van der Waals surface area contributed by atoms with Gasteiger partial charge in [0.25, 0.3) is 5.91 Å². The van der Waals surface area contributed by atoms with Gasteiger partial charge < -0.3 is 14.8 Å². The van der Waals surface area contributed by atoms with Gasteiger partial charge in [0.1, 0.15) is 5.82 Å². The van der Waals surface area contributed by atoms with Crippen molar-refractivity contribution in [3.05, 3.63) is 47.4 Å². The third-order valence-electron chi connectivity index (χ3n) is 5.24. The summed E-state index contributed by atoms with van der Waals surface area (Å²) in [5.74, 6) is 1.75. The fourth-order valence-electron chi connectivity index (χ4n) is 3.76. The minimum absolute atomic E-state index is 0. The summed E-state index contributed by atoms with van der Waals surface area (Å²) in [7, 11) is 2.00. The summed E-state index contributed by atoms with van der Waals surface area (Å²) >= 11 is 0. The first-order valence-electron chi connectivity index (χ1n) is 9.16. The van der Waals surface area contributed by atoms with Gasteiger partial charge in [-0.25, -0.2) is 4.98 Å². The average molecular weight is 413 g/mol. The smallest absolute Gasteiger partial charge is 0.255 e. The molecule has 1 amide bonds. The number of aromatic nitrogens is 2. The summed E-state index contributed by atoms with van der Waals surface area (Å²) in [6, 6.07) is 7.85. The van der Waals surface area contributed by atoms with Crippen molar-refractivity contribution in [1.82, 2.24) is 19.8 Å². The van der Waals surface area contributed by atoms with Gasteiger partial charge in [-0.1, -0.05) is 6.07 Å². The molecular weight excluding hydrogens is 383 g/mol. The molecule has 5 nitrogen and oxygen atoms in total. The van der Waals surface area contributed by atoms with E-state index in [-0.39, 0.29) is 30.7 Å². The molecule has 27 heavy (non-hydrogen) atoms. The molecule has 1 aliphatic rings. The lowest BCUT2D eigenvalue weighted by molar-refractivity contribution is 0.0686. The Morgan fingerprint density at radius 2 is 1.93 bits per heavy atom. The first-order chi connectivity index (χ1) is 12.1. The van der Waals surface area contributed by atoms with Crippen LogP contribution in [0.5, 0.6) is 0 Å². The number of nitrogens with one attached hydrogen (secondary N) is 1. The zero-order valence-corrected chi connectivity index (χ0v) is 17.9. The Hall–Kier alpha value is -1.56. The number of amides is 1. The van der Waals surface area contributed by atoms with Crippen LogP contribution in [0.4, 0.5) is 0 Å². The van der Waals surface area contributed by atoms with Gasteiger partial charge in [-0.3, -0.25) is 4.79 Å². The van der Waals surface area contributed by atoms with Gasteiger partial charge >= 0.3 is 0 Å². The van der Waals surface area contributed by atoms with Crippen LogP contribution in [0.3, 0.4) is 0 Å². The van der Waals surface area contributed by atoms with E-state index in [4.69, 9.17) is 0 Å². The van der Waals surface area contributed by atoms with Crippen LogP contribution in [0.15, 0.2) is 30.5 Å². The molecule has 0 unspecified atom stereocenters. The number of nitrogens with zero attached hydrogens (tertiary/aromatic N) is 3. The fourth-order valence-corrected chi connectivity index (χ4v) is 3.76. The van der Waals surface area contributed by atoms with Crippen molar-refractivity contribution in [2.75, 3.05) is 26.7 Å². The molecule has 3 rings (SSSR count). The van der Waals surface area contributed by atoms with Crippen molar-refractivity contribution in [3.8, 4) is 5.82 Å². The monoisotopic (exact) mass is 412 g/mol. The molecule has 1 aliphatic heterocycles. The van der Waals surface area contributed by atoms with Crippen molar-refractivity contribution >= 4 is 30.7 Å². The molecule has 2 aromatic heterocycles. The van der Waals surface area contributed by atoms with Crippen LogP contribution in [0.25, 0.3) is 5.82 Å². The zero-order chi connectivity index (χ0) is 17.8. The predicted octanol–water partition coefficient (Wildman–Crippen LogP) is 3.79. The lowest BCUT2D eigenvalue weighted by atomic mass is 9.93. The summed E-state index contributed by atoms with van der Waals surface area (Å²) in [4.78, 5) is 19.5. The summed E-state index contributed by atoms with van der Waals surface area (Å²) in [5.41, 5.74) is 2.82. The fraction of sp³-hybridized carbons (Fsp3) is 0.500. The summed E-state index contributed by atoms with van der Waals surface area (Å²) in [6.45, 7) is 6.82. The molecule has 1 N–H and O–H groups in total. The van der Waals surface area contributed by atoms with Crippen molar-refractivity contribution in [3.63, 3.8) is 0 Å². The van der Waals surface area contributed by atoms with Gasteiger partial charge in [0.2, 0.25) is 0 Å². The van der Waals surface area contributed by atoms with Gasteiger partial charge in [-0.15, -0.1) is 24.8 Å². The SMILES string of the molecule is CNCCC1CCN(C(=O)c2cc(C)n(-c3ccccn3)c2C)CC1.Cl.Cl. The summed E-state index contributed by atoms with van der Waals surface area (Å²) < 4.78 is 2.06. The molecule has 0 bridgehead atoms. The lowest BCUT2D eigenvalue weighted by Gasteiger charge is -2.32. The highest BCUT2D eigenvalue weighted by Crippen LogP contribution is 2.25. The van der Waals surface area contributed by atoms with Gasteiger partial charge in [0.15, 0.2) is 0 Å². The van der Waals surface area contributed by atoms with Gasteiger partial charge in [0.05, 0.1) is 5.56 Å². The molecule has 1 fully saturated rings. The lowest BCUT2D eigenvalue weighted by Crippen LogP contribution is -2.39. The van der Waals surface area contributed by atoms with Crippen LogP contribution >= 0.6 is 24.8 Å². The standard InChI is InChI=1S/C20H28N4O.2ClH/c1-15-14-18(16(2)24(15)19-6-4-5-10-22-19)20(25)23-12-8-17(9-13-23)7-11-21-3;;/h4-6,10,14,17,21H,7-9,11-13H2,1-3H3;2*1H. The Morgan fingerprint density at radius 3 is 2.52 bits per heavy atom. The van der Waals surface area contributed by atoms with E-state index in [1.54, 1.807) is 6.20 Å². The normalized spacial score (nSPS) is 14.4. The second-order valence-electron chi connectivity index (χ2n) is 6.94. The summed E-state index contributed by atoms with van der Waals surface area (Å²) in [6.07, 6.45) is 5.19. The number of hydrogen-bond acceptors (Lipinski definition) is 3. The zero-order valence-electron chi connectivity index (χ0n) is 16.3. The number of aryl methyl sites for hydroxylation is 1. The third kappa shape index (κ3) is 5.24. The molecule has 3 heterocycles. The minimum Gasteiger partial charge on any atom is -0.339 e. The molecule has 0 atom stereocenters. The first-order valence-corrected chi connectivity index (χ1v) is 9.16. The molecule has 150 valence electrons. The van der Waals surface area contributed by atoms with Crippen LogP contribution in [0.1, 0.15) is 41.0 Å². The van der Waals surface area contributed by atoms with E-state index in [9.17, 15) is 4.79 Å². The van der Waals surface area contributed by atoms with Crippen LogP contribution in [0, 0.1) is 19.8 Å². The Kier molecular flexibility index (Phi) is 9.30. The van der Waals surface area contributed by atoms with Gasteiger partial charge in [-0.2, -0.15) is 0 Å². The molecule has 0 spiro atoms. The molecular formula is C20H30Cl2N4O. The van der Waals surface area contributed by atoms with Crippen molar-refractivity contribution < 1.29 is 4.79 Å². The van der Waals surface area contributed by atoms with E-state index in [0.29, 0.717) is 0 Å². The maximum atomic E-state index is 13.0. The number of piperidine rings is 1. The molecule has 2 aromatic rings. The molecule has 0 radical (unpaired) electrons. The number of pyridine rings is 1. The Labute approximate surface area is 174 Å². The van der Waals surface area contributed by atoms with E-state index in [2.05, 4.69) is 14.9 Å². The number of likely N-dealkylation sites (tertiary alicyclic amines) is 1. The predicted molar refractivity (Wildman–Crippen MR) is 115 cm³/mol. The quantitative estimate of drug-likeness (QED) is 0.812. The highest BCUT2D eigenvalue weighted by Gasteiger charge is 2.26. The van der Waals surface area contributed by atoms with Crippen molar-refractivity contribution in [2.45, 2.75) is 33.1 Å². The summed E-state index contributed by atoms with van der Waals surface area (Å²) in [5, 5.41) is 3.22. The average Bonchev–Trinajstić information content (AvgIpc) is 2.95. The van der Waals surface area contributed by atoms with Crippen molar-refractivity contribution in [1.29, 1.82) is 0 Å². The second kappa shape index (κ2) is 10.7. The molecule has 1 saturated heterocycles. The van der Waals surface area contributed by atoms with E-state index < -0.39 is 0 Å². The molecule has 0 saturated carbocycles. The first kappa shape index (κ1) is 23.5. The van der Waals surface area contributed by atoms with Crippen LogP contribution < -0.4 is 5.32 Å². The minimum atomic E-state index is 0. The Balaban J connectivity index is 0.00000182. The third-order valence-corrected chi connectivity index (χ3v) is 5.24. The highest BCUT2D eigenvalue weighted by molar-refractivity contribution is 5.96. The van der Waals surface area contributed by atoms with E-state index >= 15 is 0 Å². The second-order valence-corrected chi connectivity index (χ2v) is 6.94. The number of hydrogen-bond donors (Lipinski definition) is 1.